The molecule has 0 N–H and O–H groups in total. The van der Waals surface area contributed by atoms with Gasteiger partial charge in [0.25, 0.3) is 5.91 Å². The van der Waals surface area contributed by atoms with Gasteiger partial charge in [-0.15, -0.1) is 0 Å². The highest BCUT2D eigenvalue weighted by Gasteiger charge is 2.32. The summed E-state index contributed by atoms with van der Waals surface area (Å²) >= 11 is 1.28. The molecule has 2 aromatic rings. The highest BCUT2D eigenvalue weighted by Crippen LogP contribution is 2.34. The van der Waals surface area contributed by atoms with Crippen molar-refractivity contribution < 1.29 is 18.7 Å². The van der Waals surface area contributed by atoms with Gasteiger partial charge < -0.3 is 9.15 Å². The lowest BCUT2D eigenvalue weighted by atomic mass is 10.2. The Labute approximate surface area is 149 Å². The van der Waals surface area contributed by atoms with Crippen LogP contribution in [0.15, 0.2) is 57.0 Å². The highest BCUT2D eigenvalue weighted by atomic mass is 32.2. The van der Waals surface area contributed by atoms with E-state index in [1.54, 1.807) is 53.6 Å². The number of hydrogen-bond donors (Lipinski definition) is 0. The smallest absolute Gasteiger partial charge is 0.337 e. The molecule has 1 fully saturated rings. The molecule has 0 aliphatic carbocycles. The Morgan fingerprint density at radius 3 is 2.88 bits per heavy atom. The van der Waals surface area contributed by atoms with Crippen LogP contribution in [0.1, 0.15) is 23.0 Å². The van der Waals surface area contributed by atoms with Gasteiger partial charge in [0, 0.05) is 12.6 Å². The molecule has 1 aliphatic rings. The van der Waals surface area contributed by atoms with Crippen LogP contribution in [-0.4, -0.2) is 35.6 Å². The molecule has 1 aliphatic heterocycles. The van der Waals surface area contributed by atoms with Crippen LogP contribution >= 0.6 is 11.8 Å². The maximum Gasteiger partial charge on any atom is 0.337 e. The predicted octanol–water partition coefficient (Wildman–Crippen LogP) is 3.69. The summed E-state index contributed by atoms with van der Waals surface area (Å²) in [5.41, 5.74) is 0.990. The Morgan fingerprint density at radius 1 is 1.36 bits per heavy atom. The first-order chi connectivity index (χ1) is 12.1. The first-order valence-corrected chi connectivity index (χ1v) is 8.46. The Morgan fingerprint density at radius 2 is 2.20 bits per heavy atom. The van der Waals surface area contributed by atoms with Crippen LogP contribution in [0.5, 0.6) is 0 Å². The summed E-state index contributed by atoms with van der Waals surface area (Å²) in [6.45, 7) is 2.38. The molecule has 6 nitrogen and oxygen atoms in total. The van der Waals surface area contributed by atoms with Gasteiger partial charge in [0.05, 0.1) is 29.5 Å². The van der Waals surface area contributed by atoms with E-state index in [-0.39, 0.29) is 5.91 Å². The number of nitrogens with zero attached hydrogens (tertiary/aromatic N) is 2. The average Bonchev–Trinajstić information content (AvgIpc) is 3.23. The number of carbonyl (C=O) groups excluding carboxylic acids is 2. The number of ether oxygens (including phenoxy) is 1. The molecular weight excluding hydrogens is 340 g/mol. The van der Waals surface area contributed by atoms with E-state index in [1.807, 2.05) is 6.92 Å². The van der Waals surface area contributed by atoms with Gasteiger partial charge in [-0.05, 0) is 49.0 Å². The van der Waals surface area contributed by atoms with Crippen LogP contribution < -0.4 is 0 Å². The van der Waals surface area contributed by atoms with Gasteiger partial charge in [-0.25, -0.2) is 9.79 Å². The van der Waals surface area contributed by atoms with Crippen molar-refractivity contribution in [1.82, 2.24) is 4.90 Å². The number of amides is 1. The highest BCUT2D eigenvalue weighted by molar-refractivity contribution is 8.18. The number of aliphatic imine (C=N–C) groups is 1. The van der Waals surface area contributed by atoms with Crippen molar-refractivity contribution in [1.29, 1.82) is 0 Å². The van der Waals surface area contributed by atoms with E-state index in [9.17, 15) is 9.59 Å². The molecule has 7 heteroatoms. The molecule has 1 aromatic heterocycles. The van der Waals surface area contributed by atoms with Crippen LogP contribution in [0.2, 0.25) is 0 Å². The second-order valence-corrected chi connectivity index (χ2v) is 6.12. The molecule has 0 atom stereocenters. The number of furan rings is 1. The zero-order chi connectivity index (χ0) is 17.8. The number of rotatable bonds is 4. The Hall–Kier alpha value is -2.80. The minimum atomic E-state index is -0.428. The Balaban J connectivity index is 1.92. The fraction of sp³-hybridized carbons (Fsp3) is 0.167. The zero-order valence-electron chi connectivity index (χ0n) is 13.8. The topological polar surface area (TPSA) is 72.1 Å². The number of likely N-dealkylation sites (N-methyl/N-ethyl adjacent to an activating group) is 1. The van der Waals surface area contributed by atoms with Crippen molar-refractivity contribution in [2.75, 3.05) is 13.7 Å². The van der Waals surface area contributed by atoms with E-state index in [2.05, 4.69) is 4.99 Å². The summed E-state index contributed by atoms with van der Waals surface area (Å²) in [6.07, 6.45) is 3.25. The van der Waals surface area contributed by atoms with E-state index in [1.165, 1.54) is 18.9 Å². The summed E-state index contributed by atoms with van der Waals surface area (Å²) in [5.74, 6) is 0.0653. The van der Waals surface area contributed by atoms with Gasteiger partial charge in [-0.1, -0.05) is 6.07 Å². The van der Waals surface area contributed by atoms with Crippen molar-refractivity contribution in [2.45, 2.75) is 6.92 Å². The van der Waals surface area contributed by atoms with E-state index < -0.39 is 5.97 Å². The summed E-state index contributed by atoms with van der Waals surface area (Å²) in [4.78, 5) is 30.8. The maximum absolute atomic E-state index is 12.5. The predicted molar refractivity (Wildman–Crippen MR) is 96.5 cm³/mol. The summed E-state index contributed by atoms with van der Waals surface area (Å²) in [7, 11) is 1.33. The number of amidine groups is 1. The molecule has 1 amide bonds. The quantitative estimate of drug-likeness (QED) is 0.617. The third-order valence-electron chi connectivity index (χ3n) is 3.51. The number of esters is 1. The molecule has 0 bridgehead atoms. The number of benzene rings is 1. The molecule has 1 saturated heterocycles. The van der Waals surface area contributed by atoms with Crippen molar-refractivity contribution in [3.8, 4) is 0 Å². The lowest BCUT2D eigenvalue weighted by Crippen LogP contribution is -2.28. The van der Waals surface area contributed by atoms with E-state index in [4.69, 9.17) is 9.15 Å². The molecular formula is C18H16N2O4S. The first-order valence-electron chi connectivity index (χ1n) is 7.64. The van der Waals surface area contributed by atoms with E-state index in [0.717, 1.165) is 0 Å². The molecule has 1 aromatic carbocycles. The van der Waals surface area contributed by atoms with Gasteiger partial charge in [0.15, 0.2) is 5.17 Å². The van der Waals surface area contributed by atoms with E-state index >= 15 is 0 Å². The van der Waals surface area contributed by atoms with Gasteiger partial charge in [0.2, 0.25) is 0 Å². The SMILES string of the molecule is CCN1C(=O)C(=Cc2ccco2)SC1=Nc1cccc(C(=O)OC)c1. The monoisotopic (exact) mass is 356 g/mol. The van der Waals surface area contributed by atoms with Gasteiger partial charge in [0.1, 0.15) is 5.76 Å². The summed E-state index contributed by atoms with van der Waals surface area (Å²) in [6, 6.07) is 10.3. The van der Waals surface area contributed by atoms with Gasteiger partial charge >= 0.3 is 5.97 Å². The average molecular weight is 356 g/mol. The summed E-state index contributed by atoms with van der Waals surface area (Å²) in [5, 5.41) is 0.562. The normalized spacial score (nSPS) is 17.5. The van der Waals surface area contributed by atoms with Crippen molar-refractivity contribution in [2.24, 2.45) is 4.99 Å². The molecule has 128 valence electrons. The fourth-order valence-electron chi connectivity index (χ4n) is 2.30. The van der Waals surface area contributed by atoms with Crippen LogP contribution in [0, 0.1) is 0 Å². The third-order valence-corrected chi connectivity index (χ3v) is 4.52. The van der Waals surface area contributed by atoms with Gasteiger partial charge in [-0.2, -0.15) is 0 Å². The molecule has 0 unspecified atom stereocenters. The lowest BCUT2D eigenvalue weighted by molar-refractivity contribution is -0.122. The largest absolute Gasteiger partial charge is 0.465 e. The molecule has 0 spiro atoms. The van der Waals surface area contributed by atoms with Crippen LogP contribution in [0.4, 0.5) is 5.69 Å². The molecule has 0 saturated carbocycles. The third kappa shape index (κ3) is 3.66. The number of thioether (sulfide) groups is 1. The molecule has 0 radical (unpaired) electrons. The molecule has 2 heterocycles. The minimum Gasteiger partial charge on any atom is -0.465 e. The van der Waals surface area contributed by atoms with Crippen LogP contribution in [0.3, 0.4) is 0 Å². The summed E-state index contributed by atoms with van der Waals surface area (Å²) < 4.78 is 9.99. The van der Waals surface area contributed by atoms with E-state index in [0.29, 0.717) is 33.6 Å². The number of hydrogen-bond acceptors (Lipinski definition) is 6. The standard InChI is InChI=1S/C18H16N2O4S/c1-3-20-16(21)15(11-14-8-5-9-24-14)25-18(20)19-13-7-4-6-12(10-13)17(22)23-2/h4-11H,3H2,1-2H3. The first kappa shape index (κ1) is 17.0. The maximum atomic E-state index is 12.5. The minimum absolute atomic E-state index is 0.119. The number of carbonyl (C=O) groups is 2. The fourth-order valence-corrected chi connectivity index (χ4v) is 3.35. The molecule has 3 rings (SSSR count). The second-order valence-electron chi connectivity index (χ2n) is 5.11. The lowest BCUT2D eigenvalue weighted by Gasteiger charge is -2.12. The molecule has 25 heavy (non-hydrogen) atoms. The zero-order valence-corrected chi connectivity index (χ0v) is 14.6. The Kier molecular flexibility index (Phi) is 5.04. The van der Waals surface area contributed by atoms with Crippen molar-refractivity contribution in [3.05, 3.63) is 58.9 Å². The Bertz CT molecular complexity index is 856. The second kappa shape index (κ2) is 7.40. The van der Waals surface area contributed by atoms with Crippen molar-refractivity contribution >= 4 is 40.6 Å². The van der Waals surface area contributed by atoms with Crippen LogP contribution in [-0.2, 0) is 9.53 Å². The van der Waals surface area contributed by atoms with Gasteiger partial charge in [-0.3, -0.25) is 9.69 Å². The van der Waals surface area contributed by atoms with Crippen LogP contribution in [0.25, 0.3) is 6.08 Å². The number of methoxy groups -OCH3 is 1. The van der Waals surface area contributed by atoms with Crippen molar-refractivity contribution in [3.63, 3.8) is 0 Å².